The lowest BCUT2D eigenvalue weighted by atomic mass is 9.75. The molecule has 0 aliphatic carbocycles. The zero-order valence-electron chi connectivity index (χ0n) is 8.79. The fraction of sp³-hybridized carbons (Fsp3) is 0.700. The van der Waals surface area contributed by atoms with Crippen LogP contribution in [0.3, 0.4) is 0 Å². The maximum atomic E-state index is 5.60. The fourth-order valence-electron chi connectivity index (χ4n) is 2.04. The summed E-state index contributed by atoms with van der Waals surface area (Å²) in [6.45, 7) is 6.90. The number of hydrogen-bond donors (Lipinski definition) is 1. The van der Waals surface area contributed by atoms with E-state index in [0.29, 0.717) is 11.2 Å². The van der Waals surface area contributed by atoms with Crippen LogP contribution in [-0.4, -0.2) is 17.5 Å². The van der Waals surface area contributed by atoms with Crippen LogP contribution in [0.25, 0.3) is 0 Å². The molecule has 0 aromatic carbocycles. The first-order chi connectivity index (χ1) is 6.69. The van der Waals surface area contributed by atoms with Crippen LogP contribution in [0.15, 0.2) is 6.07 Å². The molecule has 0 atom stereocenters. The van der Waals surface area contributed by atoms with Gasteiger partial charge < -0.3 is 10.6 Å². The molecule has 0 bridgehead atoms. The summed E-state index contributed by atoms with van der Waals surface area (Å²) in [7, 11) is 0. The molecule has 0 saturated carbocycles. The molecule has 2 heterocycles. The van der Waals surface area contributed by atoms with Gasteiger partial charge in [0.15, 0.2) is 0 Å². The molecule has 0 spiro atoms. The van der Waals surface area contributed by atoms with E-state index in [1.165, 1.54) is 42.5 Å². The number of aromatic nitrogens is 1. The van der Waals surface area contributed by atoms with Gasteiger partial charge in [-0.1, -0.05) is 13.8 Å². The van der Waals surface area contributed by atoms with Crippen molar-refractivity contribution in [2.45, 2.75) is 26.7 Å². The van der Waals surface area contributed by atoms with Gasteiger partial charge in [0.25, 0.3) is 0 Å². The quantitative estimate of drug-likeness (QED) is 0.834. The minimum atomic E-state index is 0.554. The molecular formula is C10H17N3S. The second-order valence-corrected chi connectivity index (χ2v) is 4.94. The van der Waals surface area contributed by atoms with Gasteiger partial charge in [0.1, 0.15) is 10.8 Å². The van der Waals surface area contributed by atoms with Crippen molar-refractivity contribution in [3.8, 4) is 0 Å². The molecule has 1 aliphatic rings. The Labute approximate surface area is 89.1 Å². The molecule has 4 heteroatoms. The monoisotopic (exact) mass is 211 g/mol. The second-order valence-electron chi connectivity index (χ2n) is 4.15. The lowest BCUT2D eigenvalue weighted by molar-refractivity contribution is 0.195. The van der Waals surface area contributed by atoms with Crippen LogP contribution in [0.5, 0.6) is 0 Å². The summed E-state index contributed by atoms with van der Waals surface area (Å²) in [5.74, 6) is 0.649. The Bertz CT molecular complexity index is 309. The van der Waals surface area contributed by atoms with Crippen LogP contribution in [-0.2, 0) is 0 Å². The molecule has 0 amide bonds. The lowest BCUT2D eigenvalue weighted by Gasteiger charge is -2.50. The van der Waals surface area contributed by atoms with E-state index in [2.05, 4.69) is 23.1 Å². The summed E-state index contributed by atoms with van der Waals surface area (Å²) in [4.78, 5) is 2.38. The molecule has 3 nitrogen and oxygen atoms in total. The van der Waals surface area contributed by atoms with Gasteiger partial charge in [-0.3, -0.25) is 0 Å². The van der Waals surface area contributed by atoms with Crippen LogP contribution in [0.1, 0.15) is 26.7 Å². The molecule has 0 radical (unpaired) electrons. The SMILES string of the molecule is CCC1(CC)CN(c2cc(N)ns2)C1. The van der Waals surface area contributed by atoms with Crippen molar-refractivity contribution in [2.24, 2.45) is 5.41 Å². The van der Waals surface area contributed by atoms with Gasteiger partial charge in [0.2, 0.25) is 0 Å². The van der Waals surface area contributed by atoms with E-state index < -0.39 is 0 Å². The summed E-state index contributed by atoms with van der Waals surface area (Å²) in [5.41, 5.74) is 6.15. The third kappa shape index (κ3) is 1.47. The smallest absolute Gasteiger partial charge is 0.139 e. The maximum absolute atomic E-state index is 5.60. The molecular weight excluding hydrogens is 194 g/mol. The molecule has 2 N–H and O–H groups in total. The maximum Gasteiger partial charge on any atom is 0.139 e. The molecule has 78 valence electrons. The minimum absolute atomic E-state index is 0.554. The molecule has 1 aromatic heterocycles. The minimum Gasteiger partial charge on any atom is -0.383 e. The van der Waals surface area contributed by atoms with Crippen molar-refractivity contribution in [1.82, 2.24) is 4.37 Å². The summed E-state index contributed by atoms with van der Waals surface area (Å²) in [5, 5.41) is 1.22. The Kier molecular flexibility index (Phi) is 2.39. The van der Waals surface area contributed by atoms with Gasteiger partial charge in [0.05, 0.1) is 0 Å². The van der Waals surface area contributed by atoms with E-state index in [1.807, 2.05) is 6.07 Å². The van der Waals surface area contributed by atoms with Crippen molar-refractivity contribution in [1.29, 1.82) is 0 Å². The van der Waals surface area contributed by atoms with Crippen molar-refractivity contribution in [2.75, 3.05) is 23.7 Å². The van der Waals surface area contributed by atoms with Crippen LogP contribution >= 0.6 is 11.5 Å². The van der Waals surface area contributed by atoms with Crippen molar-refractivity contribution in [3.63, 3.8) is 0 Å². The van der Waals surface area contributed by atoms with Crippen molar-refractivity contribution < 1.29 is 0 Å². The topological polar surface area (TPSA) is 42.1 Å². The van der Waals surface area contributed by atoms with Crippen LogP contribution in [0.4, 0.5) is 10.8 Å². The van der Waals surface area contributed by atoms with Crippen molar-refractivity contribution in [3.05, 3.63) is 6.07 Å². The van der Waals surface area contributed by atoms with E-state index >= 15 is 0 Å². The van der Waals surface area contributed by atoms with Gasteiger partial charge in [-0.2, -0.15) is 4.37 Å². The number of hydrogen-bond acceptors (Lipinski definition) is 4. The van der Waals surface area contributed by atoms with Crippen LogP contribution in [0, 0.1) is 5.41 Å². The zero-order chi connectivity index (χ0) is 10.2. The molecule has 1 aromatic rings. The van der Waals surface area contributed by atoms with Gasteiger partial charge in [-0.05, 0) is 24.4 Å². The number of nitrogens with two attached hydrogens (primary N) is 1. The van der Waals surface area contributed by atoms with E-state index in [0.717, 1.165) is 0 Å². The molecule has 0 unspecified atom stereocenters. The Balaban J connectivity index is 2.00. The normalized spacial score (nSPS) is 19.4. The predicted molar refractivity (Wildman–Crippen MR) is 61.8 cm³/mol. The first-order valence-electron chi connectivity index (χ1n) is 5.16. The zero-order valence-corrected chi connectivity index (χ0v) is 9.60. The van der Waals surface area contributed by atoms with Gasteiger partial charge >= 0.3 is 0 Å². The predicted octanol–water partition coefficient (Wildman–Crippen LogP) is 2.35. The van der Waals surface area contributed by atoms with Crippen molar-refractivity contribution >= 4 is 22.4 Å². The second kappa shape index (κ2) is 3.42. The van der Waals surface area contributed by atoms with Gasteiger partial charge in [0, 0.05) is 24.6 Å². The first kappa shape index (κ1) is 9.77. The number of nitrogens with zero attached hydrogens (tertiary/aromatic N) is 2. The summed E-state index contributed by atoms with van der Waals surface area (Å²) in [6, 6.07) is 1.97. The van der Waals surface area contributed by atoms with E-state index in [9.17, 15) is 0 Å². The Morgan fingerprint density at radius 3 is 2.57 bits per heavy atom. The van der Waals surface area contributed by atoms with E-state index in [-0.39, 0.29) is 0 Å². The highest BCUT2D eigenvalue weighted by Gasteiger charge is 2.40. The third-order valence-corrected chi connectivity index (χ3v) is 4.25. The number of nitrogen functional groups attached to an aromatic ring is 1. The molecule has 1 aliphatic heterocycles. The van der Waals surface area contributed by atoms with Gasteiger partial charge in [-0.25, -0.2) is 0 Å². The standard InChI is InChI=1S/C10H17N3S/c1-3-10(4-2)6-13(7-10)9-5-8(11)12-14-9/h5H,3-4,6-7H2,1-2H3,(H2,11,12). The van der Waals surface area contributed by atoms with Crippen LogP contribution in [0.2, 0.25) is 0 Å². The van der Waals surface area contributed by atoms with Crippen LogP contribution < -0.4 is 10.6 Å². The average molecular weight is 211 g/mol. The highest BCUT2D eigenvalue weighted by Crippen LogP contribution is 2.41. The highest BCUT2D eigenvalue weighted by molar-refractivity contribution is 7.10. The Hall–Kier alpha value is -0.770. The number of rotatable bonds is 3. The summed E-state index contributed by atoms with van der Waals surface area (Å²) in [6.07, 6.45) is 2.54. The van der Waals surface area contributed by atoms with E-state index in [1.54, 1.807) is 0 Å². The lowest BCUT2D eigenvalue weighted by Crippen LogP contribution is -2.55. The molecule has 2 rings (SSSR count). The Morgan fingerprint density at radius 2 is 2.14 bits per heavy atom. The average Bonchev–Trinajstić information content (AvgIpc) is 2.52. The number of anilines is 2. The molecule has 1 saturated heterocycles. The van der Waals surface area contributed by atoms with E-state index in [4.69, 9.17) is 5.73 Å². The molecule has 14 heavy (non-hydrogen) atoms. The Morgan fingerprint density at radius 1 is 1.50 bits per heavy atom. The summed E-state index contributed by atoms with van der Waals surface area (Å²) >= 11 is 1.51. The van der Waals surface area contributed by atoms with Gasteiger partial charge in [-0.15, -0.1) is 0 Å². The highest BCUT2D eigenvalue weighted by atomic mass is 32.1. The largest absolute Gasteiger partial charge is 0.383 e. The summed E-state index contributed by atoms with van der Waals surface area (Å²) < 4.78 is 4.10. The molecule has 1 fully saturated rings. The first-order valence-corrected chi connectivity index (χ1v) is 5.93. The fourth-order valence-corrected chi connectivity index (χ4v) is 2.71. The third-order valence-electron chi connectivity index (χ3n) is 3.38.